The Balaban J connectivity index is 1.96. The maximum atomic E-state index is 13.0. The Bertz CT molecular complexity index is 586. The van der Waals surface area contributed by atoms with E-state index in [1.165, 1.54) is 12.1 Å². The zero-order chi connectivity index (χ0) is 15.6. The van der Waals surface area contributed by atoms with E-state index in [0.717, 1.165) is 15.4 Å². The summed E-state index contributed by atoms with van der Waals surface area (Å²) in [7, 11) is 0. The highest BCUT2D eigenvalue weighted by atomic mass is 19.1. The Morgan fingerprint density at radius 1 is 1.14 bits per heavy atom. The van der Waals surface area contributed by atoms with Crippen LogP contribution in [-0.4, -0.2) is 40.2 Å². The molecular weight excluding hydrogens is 275 g/mol. The van der Waals surface area contributed by atoms with E-state index in [-0.39, 0.29) is 18.4 Å². The number of benzene rings is 1. The molecule has 1 aliphatic rings. The summed E-state index contributed by atoms with van der Waals surface area (Å²) in [6.45, 7) is 3.52. The topological polar surface area (TPSA) is 57.7 Å². The summed E-state index contributed by atoms with van der Waals surface area (Å²) in [6, 6.07) is 5.25. The van der Waals surface area contributed by atoms with Crippen LogP contribution >= 0.6 is 0 Å². The van der Waals surface area contributed by atoms with E-state index in [1.54, 1.807) is 26.0 Å². The number of imide groups is 2. The molecule has 1 fully saturated rings. The normalized spacial score (nSPS) is 15.5. The maximum Gasteiger partial charge on any atom is 0.334 e. The van der Waals surface area contributed by atoms with Crippen LogP contribution in [0.4, 0.5) is 9.18 Å². The van der Waals surface area contributed by atoms with Crippen LogP contribution in [0.2, 0.25) is 0 Å². The lowest BCUT2D eigenvalue weighted by Gasteiger charge is -2.18. The summed E-state index contributed by atoms with van der Waals surface area (Å²) < 4.78 is 13.0. The molecule has 0 N–H and O–H groups in total. The third-order valence-electron chi connectivity index (χ3n) is 3.34. The highest BCUT2D eigenvalue weighted by molar-refractivity contribution is 6.44. The first-order valence-electron chi connectivity index (χ1n) is 6.85. The number of rotatable bonds is 5. The van der Waals surface area contributed by atoms with E-state index in [4.69, 9.17) is 0 Å². The van der Waals surface area contributed by atoms with E-state index in [0.29, 0.717) is 12.8 Å². The Hall–Kier alpha value is -2.24. The van der Waals surface area contributed by atoms with Crippen molar-refractivity contribution in [3.05, 3.63) is 35.6 Å². The number of amides is 4. The number of urea groups is 1. The molecule has 0 atom stereocenters. The van der Waals surface area contributed by atoms with Crippen LogP contribution in [0, 0.1) is 5.82 Å². The monoisotopic (exact) mass is 292 g/mol. The Morgan fingerprint density at radius 2 is 1.86 bits per heavy atom. The van der Waals surface area contributed by atoms with Crippen molar-refractivity contribution >= 4 is 17.8 Å². The van der Waals surface area contributed by atoms with Crippen LogP contribution in [0.25, 0.3) is 0 Å². The molecule has 0 bridgehead atoms. The molecule has 21 heavy (non-hydrogen) atoms. The van der Waals surface area contributed by atoms with Crippen LogP contribution in [0.3, 0.4) is 0 Å². The van der Waals surface area contributed by atoms with Crippen molar-refractivity contribution in [3.8, 4) is 0 Å². The molecule has 0 spiro atoms. The number of halogens is 1. The Labute approximate surface area is 122 Å². The number of carbonyl (C=O) groups excluding carboxylic acids is 3. The molecule has 5 nitrogen and oxygen atoms in total. The van der Waals surface area contributed by atoms with Crippen molar-refractivity contribution in [3.63, 3.8) is 0 Å². The van der Waals surface area contributed by atoms with Gasteiger partial charge in [-0.3, -0.25) is 19.4 Å². The molecule has 1 aliphatic heterocycles. The fourth-order valence-electron chi connectivity index (χ4n) is 2.31. The van der Waals surface area contributed by atoms with E-state index in [1.807, 2.05) is 0 Å². The van der Waals surface area contributed by atoms with Gasteiger partial charge in [-0.05, 0) is 44.4 Å². The Morgan fingerprint density at radius 3 is 2.43 bits per heavy atom. The van der Waals surface area contributed by atoms with E-state index in [2.05, 4.69) is 0 Å². The predicted octanol–water partition coefficient (Wildman–Crippen LogP) is 1.96. The standard InChI is InChI=1S/C15H17FN2O3/c1-10(2)18-14(20)13(19)17(15(18)21)8-4-6-11-5-3-7-12(16)9-11/h3,5,7,9-10H,4,6,8H2,1-2H3. The van der Waals surface area contributed by atoms with Gasteiger partial charge in [0.2, 0.25) is 0 Å². The van der Waals surface area contributed by atoms with Crippen molar-refractivity contribution in [2.45, 2.75) is 32.7 Å². The van der Waals surface area contributed by atoms with Crippen LogP contribution in [0.5, 0.6) is 0 Å². The van der Waals surface area contributed by atoms with E-state index in [9.17, 15) is 18.8 Å². The average Bonchev–Trinajstić information content (AvgIpc) is 2.62. The highest BCUT2D eigenvalue weighted by Gasteiger charge is 2.45. The number of hydrogen-bond acceptors (Lipinski definition) is 3. The predicted molar refractivity (Wildman–Crippen MR) is 73.8 cm³/mol. The van der Waals surface area contributed by atoms with Crippen molar-refractivity contribution < 1.29 is 18.8 Å². The summed E-state index contributed by atoms with van der Waals surface area (Å²) >= 11 is 0. The third-order valence-corrected chi connectivity index (χ3v) is 3.34. The third kappa shape index (κ3) is 3.09. The summed E-state index contributed by atoms with van der Waals surface area (Å²) in [5.41, 5.74) is 0.793. The van der Waals surface area contributed by atoms with Gasteiger partial charge in [-0.1, -0.05) is 12.1 Å². The molecule has 1 aromatic rings. The minimum Gasteiger partial charge on any atom is -0.263 e. The van der Waals surface area contributed by atoms with Gasteiger partial charge in [-0.2, -0.15) is 0 Å². The van der Waals surface area contributed by atoms with E-state index < -0.39 is 17.8 Å². The lowest BCUT2D eigenvalue weighted by atomic mass is 10.1. The molecule has 0 saturated carbocycles. The second-order valence-corrected chi connectivity index (χ2v) is 5.24. The number of carbonyl (C=O) groups is 3. The first kappa shape index (κ1) is 15.2. The molecule has 1 aromatic carbocycles. The molecule has 0 aliphatic carbocycles. The first-order chi connectivity index (χ1) is 9.91. The van der Waals surface area contributed by atoms with Gasteiger partial charge in [-0.25, -0.2) is 9.18 Å². The molecule has 0 radical (unpaired) electrons. The molecule has 4 amide bonds. The van der Waals surface area contributed by atoms with Gasteiger partial charge < -0.3 is 0 Å². The van der Waals surface area contributed by atoms with Crippen LogP contribution < -0.4 is 0 Å². The highest BCUT2D eigenvalue weighted by Crippen LogP contribution is 2.16. The Kier molecular flexibility index (Phi) is 4.35. The smallest absolute Gasteiger partial charge is 0.263 e. The molecule has 0 aromatic heterocycles. The summed E-state index contributed by atoms with van der Waals surface area (Å²) in [5, 5.41) is 0. The number of nitrogens with zero attached hydrogens (tertiary/aromatic N) is 2. The fraction of sp³-hybridized carbons (Fsp3) is 0.400. The van der Waals surface area contributed by atoms with Gasteiger partial charge in [0.15, 0.2) is 0 Å². The lowest BCUT2D eigenvalue weighted by Crippen LogP contribution is -2.38. The van der Waals surface area contributed by atoms with Crippen LogP contribution in [0.1, 0.15) is 25.8 Å². The summed E-state index contributed by atoms with van der Waals surface area (Å²) in [6.07, 6.45) is 1.02. The SMILES string of the molecule is CC(C)N1C(=O)C(=O)N(CCCc2cccc(F)c2)C1=O. The van der Waals surface area contributed by atoms with Gasteiger partial charge in [0.1, 0.15) is 5.82 Å². The summed E-state index contributed by atoms with van der Waals surface area (Å²) in [5.74, 6) is -1.88. The second-order valence-electron chi connectivity index (χ2n) is 5.24. The maximum absolute atomic E-state index is 13.0. The lowest BCUT2D eigenvalue weighted by molar-refractivity contribution is -0.143. The number of aryl methyl sites for hydroxylation is 1. The minimum atomic E-state index is -0.784. The van der Waals surface area contributed by atoms with Crippen LogP contribution in [-0.2, 0) is 16.0 Å². The van der Waals surface area contributed by atoms with Gasteiger partial charge in [-0.15, -0.1) is 0 Å². The second kappa shape index (κ2) is 6.03. The fourth-order valence-corrected chi connectivity index (χ4v) is 2.31. The number of hydrogen-bond donors (Lipinski definition) is 0. The van der Waals surface area contributed by atoms with Crippen molar-refractivity contribution in [2.24, 2.45) is 0 Å². The van der Waals surface area contributed by atoms with Crippen molar-refractivity contribution in [2.75, 3.05) is 6.54 Å². The first-order valence-corrected chi connectivity index (χ1v) is 6.85. The van der Waals surface area contributed by atoms with Gasteiger partial charge in [0.05, 0.1) is 0 Å². The molecule has 0 unspecified atom stereocenters. The summed E-state index contributed by atoms with van der Waals surface area (Å²) in [4.78, 5) is 37.4. The molecule has 1 saturated heterocycles. The molecule has 1 heterocycles. The zero-order valence-electron chi connectivity index (χ0n) is 12.0. The van der Waals surface area contributed by atoms with Gasteiger partial charge >= 0.3 is 17.8 Å². The molecule has 2 rings (SSSR count). The zero-order valence-corrected chi connectivity index (χ0v) is 12.0. The molecule has 6 heteroatoms. The van der Waals surface area contributed by atoms with Crippen LogP contribution in [0.15, 0.2) is 24.3 Å². The van der Waals surface area contributed by atoms with E-state index >= 15 is 0 Å². The average molecular weight is 292 g/mol. The van der Waals surface area contributed by atoms with Crippen molar-refractivity contribution in [1.29, 1.82) is 0 Å². The molecular formula is C15H17FN2O3. The van der Waals surface area contributed by atoms with Gasteiger partial charge in [0.25, 0.3) is 0 Å². The molecule has 112 valence electrons. The van der Waals surface area contributed by atoms with Gasteiger partial charge in [0, 0.05) is 12.6 Å². The minimum absolute atomic E-state index is 0.156. The quantitative estimate of drug-likeness (QED) is 0.615. The largest absolute Gasteiger partial charge is 0.334 e. The van der Waals surface area contributed by atoms with Crippen molar-refractivity contribution in [1.82, 2.24) is 9.80 Å².